The summed E-state index contributed by atoms with van der Waals surface area (Å²) in [5.41, 5.74) is -2.48. The molecule has 5 nitrogen and oxygen atoms in total. The number of hydrogen-bond acceptors (Lipinski definition) is 3. The van der Waals surface area contributed by atoms with Crippen molar-refractivity contribution in [3.05, 3.63) is 35.9 Å². The number of fused-ring (bicyclic) bond motifs is 1. The SMILES string of the molecule is O=C(OCc1ccccc1)N1C[C@]2(F)CCC[C@]2(C(=O)O)C1. The van der Waals surface area contributed by atoms with E-state index in [1.165, 1.54) is 4.90 Å². The zero-order chi connectivity index (χ0) is 15.8. The smallest absolute Gasteiger partial charge is 0.410 e. The second-order valence-electron chi connectivity index (χ2n) is 6.10. The summed E-state index contributed by atoms with van der Waals surface area (Å²) in [6, 6.07) is 9.16. The van der Waals surface area contributed by atoms with Crippen molar-refractivity contribution in [2.75, 3.05) is 13.1 Å². The number of hydrogen-bond donors (Lipinski definition) is 1. The number of carbonyl (C=O) groups is 2. The number of likely N-dealkylation sites (tertiary alicyclic amines) is 1. The van der Waals surface area contributed by atoms with Crippen LogP contribution in [0.1, 0.15) is 24.8 Å². The van der Waals surface area contributed by atoms with Gasteiger partial charge in [-0.15, -0.1) is 0 Å². The molecule has 1 aromatic carbocycles. The van der Waals surface area contributed by atoms with E-state index in [-0.39, 0.29) is 32.5 Å². The number of nitrogens with zero attached hydrogens (tertiary/aromatic N) is 1. The van der Waals surface area contributed by atoms with Crippen LogP contribution in [-0.4, -0.2) is 40.8 Å². The number of halogens is 1. The van der Waals surface area contributed by atoms with Gasteiger partial charge < -0.3 is 14.7 Å². The Morgan fingerprint density at radius 3 is 2.59 bits per heavy atom. The number of carboxylic acid groups (broad SMARTS) is 1. The van der Waals surface area contributed by atoms with E-state index in [9.17, 15) is 19.1 Å². The lowest BCUT2D eigenvalue weighted by Crippen LogP contribution is -2.45. The first kappa shape index (κ1) is 14.8. The van der Waals surface area contributed by atoms with Crippen molar-refractivity contribution < 1.29 is 23.8 Å². The van der Waals surface area contributed by atoms with Crippen LogP contribution < -0.4 is 0 Å². The fraction of sp³-hybridized carbons (Fsp3) is 0.500. The Hall–Kier alpha value is -2.11. The molecule has 0 aromatic heterocycles. The molecule has 1 amide bonds. The minimum Gasteiger partial charge on any atom is -0.481 e. The van der Waals surface area contributed by atoms with Crippen molar-refractivity contribution in [1.29, 1.82) is 0 Å². The van der Waals surface area contributed by atoms with Crippen LogP contribution in [0, 0.1) is 5.41 Å². The van der Waals surface area contributed by atoms with E-state index >= 15 is 0 Å². The standard InChI is InChI=1S/C16H18FNO4/c17-16-8-4-7-15(16,13(19)20)10-18(11-16)14(21)22-9-12-5-2-1-3-6-12/h1-3,5-6H,4,7-11H2,(H,19,20)/t15-,16-/m1/s1. The van der Waals surface area contributed by atoms with Gasteiger partial charge >= 0.3 is 12.1 Å². The zero-order valence-electron chi connectivity index (χ0n) is 12.1. The van der Waals surface area contributed by atoms with Crippen LogP contribution in [-0.2, 0) is 16.1 Å². The monoisotopic (exact) mass is 307 g/mol. The van der Waals surface area contributed by atoms with E-state index in [1.54, 1.807) is 0 Å². The van der Waals surface area contributed by atoms with Gasteiger partial charge in [0.15, 0.2) is 0 Å². The second-order valence-corrected chi connectivity index (χ2v) is 6.10. The average molecular weight is 307 g/mol. The predicted octanol–water partition coefficient (Wildman–Crippen LogP) is 2.60. The topological polar surface area (TPSA) is 66.8 Å². The van der Waals surface area contributed by atoms with Crippen LogP contribution in [0.15, 0.2) is 30.3 Å². The van der Waals surface area contributed by atoms with Crippen molar-refractivity contribution in [2.45, 2.75) is 31.5 Å². The highest BCUT2D eigenvalue weighted by Gasteiger charge is 2.67. The van der Waals surface area contributed by atoms with E-state index in [0.29, 0.717) is 6.42 Å². The lowest BCUT2D eigenvalue weighted by atomic mass is 9.78. The van der Waals surface area contributed by atoms with Gasteiger partial charge in [0.1, 0.15) is 17.7 Å². The van der Waals surface area contributed by atoms with Gasteiger partial charge in [-0.3, -0.25) is 4.79 Å². The quantitative estimate of drug-likeness (QED) is 0.932. The number of ether oxygens (including phenoxy) is 1. The van der Waals surface area contributed by atoms with E-state index in [4.69, 9.17) is 4.74 Å². The van der Waals surface area contributed by atoms with Crippen molar-refractivity contribution in [1.82, 2.24) is 4.90 Å². The summed E-state index contributed by atoms with van der Waals surface area (Å²) in [4.78, 5) is 24.8. The fourth-order valence-electron chi connectivity index (χ4n) is 3.57. The van der Waals surface area contributed by atoms with Gasteiger partial charge in [-0.1, -0.05) is 30.3 Å². The first-order valence-electron chi connectivity index (χ1n) is 7.35. The van der Waals surface area contributed by atoms with Crippen molar-refractivity contribution >= 4 is 12.1 Å². The molecule has 1 N–H and O–H groups in total. The van der Waals surface area contributed by atoms with Gasteiger partial charge in [-0.05, 0) is 24.8 Å². The molecule has 0 unspecified atom stereocenters. The van der Waals surface area contributed by atoms with E-state index in [2.05, 4.69) is 0 Å². The molecule has 1 saturated heterocycles. The average Bonchev–Trinajstić information content (AvgIpc) is 2.97. The number of alkyl halides is 1. The lowest BCUT2D eigenvalue weighted by Gasteiger charge is -2.27. The maximum atomic E-state index is 14.9. The second kappa shape index (κ2) is 5.26. The normalized spacial score (nSPS) is 30.1. The van der Waals surface area contributed by atoms with Crippen molar-refractivity contribution in [2.24, 2.45) is 5.41 Å². The first-order valence-corrected chi connectivity index (χ1v) is 7.35. The van der Waals surface area contributed by atoms with Crippen LogP contribution in [0.3, 0.4) is 0 Å². The van der Waals surface area contributed by atoms with Crippen molar-refractivity contribution in [3.8, 4) is 0 Å². The molecular formula is C16H18FNO4. The van der Waals surface area contributed by atoms with Crippen molar-refractivity contribution in [3.63, 3.8) is 0 Å². The molecule has 22 heavy (non-hydrogen) atoms. The Morgan fingerprint density at radius 2 is 1.95 bits per heavy atom. The molecule has 2 atom stereocenters. The molecule has 0 radical (unpaired) electrons. The third-order valence-corrected chi connectivity index (χ3v) is 4.81. The van der Waals surface area contributed by atoms with E-state index < -0.39 is 23.1 Å². The number of amides is 1. The number of rotatable bonds is 3. The maximum Gasteiger partial charge on any atom is 0.410 e. The number of carbonyl (C=O) groups excluding carboxylic acids is 1. The zero-order valence-corrected chi connectivity index (χ0v) is 12.1. The van der Waals surface area contributed by atoms with Crippen LogP contribution in [0.25, 0.3) is 0 Å². The van der Waals surface area contributed by atoms with Gasteiger partial charge in [-0.2, -0.15) is 0 Å². The largest absolute Gasteiger partial charge is 0.481 e. The molecule has 6 heteroatoms. The molecule has 2 fully saturated rings. The summed E-state index contributed by atoms with van der Waals surface area (Å²) >= 11 is 0. The highest BCUT2D eigenvalue weighted by molar-refractivity contribution is 5.80. The Balaban J connectivity index is 1.67. The van der Waals surface area contributed by atoms with E-state index in [0.717, 1.165) is 5.56 Å². The molecule has 0 bridgehead atoms. The summed E-state index contributed by atoms with van der Waals surface area (Å²) in [6.45, 7) is -0.227. The molecule has 1 saturated carbocycles. The van der Waals surface area contributed by atoms with Crippen LogP contribution >= 0.6 is 0 Å². The Labute approximate surface area is 127 Å². The summed E-state index contributed by atoms with van der Waals surface area (Å²) in [7, 11) is 0. The summed E-state index contributed by atoms with van der Waals surface area (Å²) in [5.74, 6) is -1.16. The Kier molecular flexibility index (Phi) is 3.54. The first-order chi connectivity index (χ1) is 10.5. The van der Waals surface area contributed by atoms with E-state index in [1.807, 2.05) is 30.3 Å². The Bertz CT molecular complexity index is 593. The summed E-state index contributed by atoms with van der Waals surface area (Å²) in [6.07, 6.45) is 0.328. The molecule has 118 valence electrons. The molecular weight excluding hydrogens is 289 g/mol. The van der Waals surface area contributed by atoms with Crippen LogP contribution in [0.4, 0.5) is 9.18 Å². The predicted molar refractivity (Wildman–Crippen MR) is 76.0 cm³/mol. The highest BCUT2D eigenvalue weighted by Crippen LogP contribution is 2.54. The lowest BCUT2D eigenvalue weighted by molar-refractivity contribution is -0.153. The summed E-state index contributed by atoms with van der Waals surface area (Å²) in [5, 5.41) is 9.43. The molecule has 1 heterocycles. The molecule has 0 spiro atoms. The van der Waals surface area contributed by atoms with Gasteiger partial charge in [-0.25, -0.2) is 9.18 Å². The minimum atomic E-state index is -1.84. The minimum absolute atomic E-state index is 0.0928. The molecule has 1 aliphatic carbocycles. The number of benzene rings is 1. The van der Waals surface area contributed by atoms with Crippen LogP contribution in [0.2, 0.25) is 0 Å². The molecule has 1 aliphatic heterocycles. The molecule has 2 aliphatic rings. The highest BCUT2D eigenvalue weighted by atomic mass is 19.1. The number of aliphatic carboxylic acids is 1. The van der Waals surface area contributed by atoms with Gasteiger partial charge in [0.25, 0.3) is 0 Å². The van der Waals surface area contributed by atoms with Crippen LogP contribution in [0.5, 0.6) is 0 Å². The summed E-state index contributed by atoms with van der Waals surface area (Å²) < 4.78 is 20.1. The molecule has 1 aromatic rings. The van der Waals surface area contributed by atoms with Gasteiger partial charge in [0.2, 0.25) is 0 Å². The fourth-order valence-corrected chi connectivity index (χ4v) is 3.57. The van der Waals surface area contributed by atoms with Gasteiger partial charge in [0.05, 0.1) is 6.54 Å². The number of carboxylic acids is 1. The third-order valence-electron chi connectivity index (χ3n) is 4.81. The Morgan fingerprint density at radius 1 is 1.23 bits per heavy atom. The third kappa shape index (κ3) is 2.23. The molecule has 3 rings (SSSR count). The maximum absolute atomic E-state index is 14.9. The van der Waals surface area contributed by atoms with Gasteiger partial charge in [0, 0.05) is 6.54 Å².